The van der Waals surface area contributed by atoms with Gasteiger partial charge in [0.2, 0.25) is 0 Å². The minimum atomic E-state index is -0.206. The lowest BCUT2D eigenvalue weighted by Crippen LogP contribution is -2.20. The SMILES string of the molecule is Cc1cc(OCCNCc2cccnc2)ccc1F. The van der Waals surface area contributed by atoms with Crippen LogP contribution < -0.4 is 10.1 Å². The Hall–Kier alpha value is -1.94. The minimum absolute atomic E-state index is 0.206. The maximum atomic E-state index is 13.1. The van der Waals surface area contributed by atoms with Crippen LogP contribution in [0.2, 0.25) is 0 Å². The van der Waals surface area contributed by atoms with Crippen LogP contribution in [0, 0.1) is 12.7 Å². The highest BCUT2D eigenvalue weighted by Crippen LogP contribution is 2.15. The van der Waals surface area contributed by atoms with Crippen molar-refractivity contribution in [1.82, 2.24) is 10.3 Å². The molecule has 0 amide bonds. The van der Waals surface area contributed by atoms with E-state index in [-0.39, 0.29) is 5.82 Å². The van der Waals surface area contributed by atoms with Crippen molar-refractivity contribution in [3.8, 4) is 5.75 Å². The van der Waals surface area contributed by atoms with Crippen LogP contribution in [0.5, 0.6) is 5.75 Å². The number of pyridine rings is 1. The molecule has 0 atom stereocenters. The van der Waals surface area contributed by atoms with Gasteiger partial charge >= 0.3 is 0 Å². The van der Waals surface area contributed by atoms with Crippen LogP contribution in [-0.2, 0) is 6.54 Å². The Balaban J connectivity index is 1.68. The van der Waals surface area contributed by atoms with Gasteiger partial charge in [0.05, 0.1) is 0 Å². The molecule has 1 heterocycles. The van der Waals surface area contributed by atoms with Crippen molar-refractivity contribution >= 4 is 0 Å². The summed E-state index contributed by atoms with van der Waals surface area (Å²) >= 11 is 0. The van der Waals surface area contributed by atoms with E-state index in [0.29, 0.717) is 17.9 Å². The molecule has 0 aliphatic heterocycles. The molecule has 19 heavy (non-hydrogen) atoms. The predicted molar refractivity (Wildman–Crippen MR) is 72.6 cm³/mol. The second-order valence-electron chi connectivity index (χ2n) is 4.30. The van der Waals surface area contributed by atoms with Gasteiger partial charge in [0, 0.05) is 25.5 Å². The molecule has 0 saturated carbocycles. The summed E-state index contributed by atoms with van der Waals surface area (Å²) in [5.74, 6) is 0.490. The zero-order valence-electron chi connectivity index (χ0n) is 10.9. The molecular formula is C15H17FN2O. The van der Waals surface area contributed by atoms with Crippen LogP contribution in [0.3, 0.4) is 0 Å². The van der Waals surface area contributed by atoms with Crippen molar-refractivity contribution in [1.29, 1.82) is 0 Å². The van der Waals surface area contributed by atoms with Crippen molar-refractivity contribution in [2.45, 2.75) is 13.5 Å². The summed E-state index contributed by atoms with van der Waals surface area (Å²) < 4.78 is 18.6. The maximum Gasteiger partial charge on any atom is 0.126 e. The molecule has 0 radical (unpaired) electrons. The topological polar surface area (TPSA) is 34.1 Å². The Labute approximate surface area is 112 Å². The first kappa shape index (κ1) is 13.5. The van der Waals surface area contributed by atoms with Gasteiger partial charge in [-0.3, -0.25) is 4.98 Å². The van der Waals surface area contributed by atoms with E-state index in [9.17, 15) is 4.39 Å². The average molecular weight is 260 g/mol. The van der Waals surface area contributed by atoms with Crippen molar-refractivity contribution in [2.75, 3.05) is 13.2 Å². The van der Waals surface area contributed by atoms with E-state index in [4.69, 9.17) is 4.74 Å². The number of hydrogen-bond acceptors (Lipinski definition) is 3. The smallest absolute Gasteiger partial charge is 0.126 e. The van der Waals surface area contributed by atoms with Crippen molar-refractivity contribution in [3.63, 3.8) is 0 Å². The number of ether oxygens (including phenoxy) is 1. The molecule has 0 bridgehead atoms. The Morgan fingerprint density at radius 3 is 2.95 bits per heavy atom. The van der Waals surface area contributed by atoms with Crippen LogP contribution in [0.25, 0.3) is 0 Å². The Morgan fingerprint density at radius 1 is 1.32 bits per heavy atom. The maximum absolute atomic E-state index is 13.1. The van der Waals surface area contributed by atoms with E-state index in [1.54, 1.807) is 25.3 Å². The fourth-order valence-corrected chi connectivity index (χ4v) is 1.68. The molecule has 0 saturated heterocycles. The number of benzene rings is 1. The zero-order valence-corrected chi connectivity index (χ0v) is 10.9. The molecule has 0 fully saturated rings. The highest BCUT2D eigenvalue weighted by Gasteiger charge is 1.99. The summed E-state index contributed by atoms with van der Waals surface area (Å²) in [6.07, 6.45) is 3.58. The lowest BCUT2D eigenvalue weighted by Gasteiger charge is -2.08. The highest BCUT2D eigenvalue weighted by molar-refractivity contribution is 5.28. The van der Waals surface area contributed by atoms with Crippen molar-refractivity contribution in [3.05, 3.63) is 59.7 Å². The molecule has 2 rings (SSSR count). The molecule has 100 valence electrons. The third kappa shape index (κ3) is 4.34. The molecule has 1 aromatic heterocycles. The molecule has 0 unspecified atom stereocenters. The molecule has 0 aliphatic rings. The van der Waals surface area contributed by atoms with E-state index in [1.807, 2.05) is 18.3 Å². The second kappa shape index (κ2) is 6.85. The Morgan fingerprint density at radius 2 is 2.21 bits per heavy atom. The summed E-state index contributed by atoms with van der Waals surface area (Å²) in [6.45, 7) is 3.76. The number of hydrogen-bond donors (Lipinski definition) is 1. The second-order valence-corrected chi connectivity index (χ2v) is 4.30. The first-order valence-corrected chi connectivity index (χ1v) is 6.24. The van der Waals surface area contributed by atoms with E-state index in [0.717, 1.165) is 18.7 Å². The number of halogens is 1. The van der Waals surface area contributed by atoms with Gasteiger partial charge in [-0.2, -0.15) is 0 Å². The molecule has 0 aliphatic carbocycles. The Kier molecular flexibility index (Phi) is 4.86. The van der Waals surface area contributed by atoms with Crippen molar-refractivity contribution < 1.29 is 9.13 Å². The highest BCUT2D eigenvalue weighted by atomic mass is 19.1. The predicted octanol–water partition coefficient (Wildman–Crippen LogP) is 2.70. The van der Waals surface area contributed by atoms with Crippen LogP contribution in [0.4, 0.5) is 4.39 Å². The van der Waals surface area contributed by atoms with Crippen LogP contribution >= 0.6 is 0 Å². The minimum Gasteiger partial charge on any atom is -0.492 e. The summed E-state index contributed by atoms with van der Waals surface area (Å²) in [6, 6.07) is 8.70. The van der Waals surface area contributed by atoms with E-state index in [1.165, 1.54) is 6.07 Å². The van der Waals surface area contributed by atoms with E-state index >= 15 is 0 Å². The standard InChI is InChI=1S/C15H17FN2O/c1-12-9-14(4-5-15(12)16)19-8-7-18-11-13-3-2-6-17-10-13/h2-6,9-10,18H,7-8,11H2,1H3. The monoisotopic (exact) mass is 260 g/mol. The molecule has 3 nitrogen and oxygen atoms in total. The van der Waals surface area contributed by atoms with Gasteiger partial charge in [-0.15, -0.1) is 0 Å². The number of aromatic nitrogens is 1. The number of nitrogens with zero attached hydrogens (tertiary/aromatic N) is 1. The average Bonchev–Trinajstić information content (AvgIpc) is 2.43. The summed E-state index contributed by atoms with van der Waals surface area (Å²) in [7, 11) is 0. The number of rotatable bonds is 6. The van der Waals surface area contributed by atoms with Gasteiger partial charge in [-0.05, 0) is 42.3 Å². The van der Waals surface area contributed by atoms with Gasteiger partial charge in [-0.1, -0.05) is 6.07 Å². The molecule has 1 N–H and O–H groups in total. The van der Waals surface area contributed by atoms with Crippen LogP contribution in [0.1, 0.15) is 11.1 Å². The first-order chi connectivity index (χ1) is 9.25. The van der Waals surface area contributed by atoms with Gasteiger partial charge in [0.15, 0.2) is 0 Å². The third-order valence-electron chi connectivity index (χ3n) is 2.73. The quantitative estimate of drug-likeness (QED) is 0.811. The third-order valence-corrected chi connectivity index (χ3v) is 2.73. The van der Waals surface area contributed by atoms with Gasteiger partial charge in [0.1, 0.15) is 18.2 Å². The largest absolute Gasteiger partial charge is 0.492 e. The Bertz CT molecular complexity index is 517. The van der Waals surface area contributed by atoms with Gasteiger partial charge in [-0.25, -0.2) is 4.39 Å². The number of aryl methyl sites for hydroxylation is 1. The fourth-order valence-electron chi connectivity index (χ4n) is 1.68. The van der Waals surface area contributed by atoms with Gasteiger partial charge in [0.25, 0.3) is 0 Å². The summed E-state index contributed by atoms with van der Waals surface area (Å²) in [4.78, 5) is 4.04. The van der Waals surface area contributed by atoms with E-state index < -0.39 is 0 Å². The molecule has 4 heteroatoms. The summed E-state index contributed by atoms with van der Waals surface area (Å²) in [5.41, 5.74) is 1.74. The van der Waals surface area contributed by atoms with E-state index in [2.05, 4.69) is 10.3 Å². The lowest BCUT2D eigenvalue weighted by molar-refractivity contribution is 0.313. The van der Waals surface area contributed by atoms with Gasteiger partial charge < -0.3 is 10.1 Å². The van der Waals surface area contributed by atoms with Crippen molar-refractivity contribution in [2.24, 2.45) is 0 Å². The first-order valence-electron chi connectivity index (χ1n) is 6.24. The zero-order chi connectivity index (χ0) is 13.5. The molecular weight excluding hydrogens is 243 g/mol. The number of nitrogens with one attached hydrogen (secondary N) is 1. The molecule has 2 aromatic rings. The fraction of sp³-hybridized carbons (Fsp3) is 0.267. The molecule has 1 aromatic carbocycles. The molecule has 0 spiro atoms. The summed E-state index contributed by atoms with van der Waals surface area (Å²) in [5, 5.41) is 3.26. The normalized spacial score (nSPS) is 10.4. The van der Waals surface area contributed by atoms with Crippen LogP contribution in [0.15, 0.2) is 42.7 Å². The lowest BCUT2D eigenvalue weighted by atomic mass is 10.2. The van der Waals surface area contributed by atoms with Crippen LogP contribution in [-0.4, -0.2) is 18.1 Å².